The summed E-state index contributed by atoms with van der Waals surface area (Å²) in [4.78, 5) is 0. The van der Waals surface area contributed by atoms with E-state index in [-0.39, 0.29) is 0 Å². The van der Waals surface area contributed by atoms with Crippen LogP contribution in [0.1, 0.15) is 6.92 Å². The van der Waals surface area contributed by atoms with Crippen molar-refractivity contribution in [3.8, 4) is 17.2 Å². The minimum atomic E-state index is 0.392. The lowest BCUT2D eigenvalue weighted by molar-refractivity contribution is 0.0764. The van der Waals surface area contributed by atoms with Gasteiger partial charge in [0.25, 0.3) is 0 Å². The molecule has 0 spiro atoms. The smallest absolute Gasteiger partial charge is 0.139 e. The molecule has 24 heavy (non-hydrogen) atoms. The van der Waals surface area contributed by atoms with Crippen molar-refractivity contribution in [2.45, 2.75) is 6.92 Å². The summed E-state index contributed by atoms with van der Waals surface area (Å²) in [6, 6.07) is 12.6. The first-order valence-electron chi connectivity index (χ1n) is 7.70. The first-order chi connectivity index (χ1) is 11.7. The van der Waals surface area contributed by atoms with Crippen LogP contribution in [0.4, 0.5) is 0 Å². The van der Waals surface area contributed by atoms with Crippen molar-refractivity contribution >= 4 is 23.2 Å². The minimum Gasteiger partial charge on any atom is -0.494 e. The van der Waals surface area contributed by atoms with Crippen LogP contribution in [-0.2, 0) is 4.74 Å². The van der Waals surface area contributed by atoms with Crippen LogP contribution in [0.5, 0.6) is 17.2 Å². The molecule has 130 valence electrons. The zero-order valence-electron chi connectivity index (χ0n) is 13.5. The Bertz CT molecular complexity index is 617. The fraction of sp³-hybridized carbons (Fsp3) is 0.333. The normalized spacial score (nSPS) is 10.5. The van der Waals surface area contributed by atoms with E-state index in [1.807, 2.05) is 31.2 Å². The Morgan fingerprint density at radius 1 is 0.750 bits per heavy atom. The molecule has 0 N–H and O–H groups in total. The van der Waals surface area contributed by atoms with Gasteiger partial charge in [-0.2, -0.15) is 0 Å². The molecule has 0 heterocycles. The maximum absolute atomic E-state index is 6.00. The second-order valence-electron chi connectivity index (χ2n) is 4.79. The number of rotatable bonds is 10. The molecule has 0 aliphatic carbocycles. The molecule has 2 aromatic rings. The van der Waals surface area contributed by atoms with Gasteiger partial charge in [0.2, 0.25) is 0 Å². The molecule has 4 nitrogen and oxygen atoms in total. The molecule has 2 rings (SSSR count). The Balaban J connectivity index is 1.57. The average Bonchev–Trinajstić information content (AvgIpc) is 2.58. The Morgan fingerprint density at radius 2 is 1.38 bits per heavy atom. The third kappa shape index (κ3) is 6.48. The van der Waals surface area contributed by atoms with E-state index in [0.717, 1.165) is 11.5 Å². The molecule has 0 aromatic heterocycles. The van der Waals surface area contributed by atoms with Crippen molar-refractivity contribution < 1.29 is 18.9 Å². The maximum Gasteiger partial charge on any atom is 0.139 e. The Morgan fingerprint density at radius 3 is 2.04 bits per heavy atom. The second kappa shape index (κ2) is 10.3. The second-order valence-corrected chi connectivity index (χ2v) is 5.63. The predicted molar refractivity (Wildman–Crippen MR) is 95.9 cm³/mol. The summed E-state index contributed by atoms with van der Waals surface area (Å²) in [5, 5.41) is 1.11. The van der Waals surface area contributed by atoms with Crippen molar-refractivity contribution in [2.75, 3.05) is 33.0 Å². The van der Waals surface area contributed by atoms with Gasteiger partial charge >= 0.3 is 0 Å². The molecule has 0 fully saturated rings. The largest absolute Gasteiger partial charge is 0.494 e. The summed E-state index contributed by atoms with van der Waals surface area (Å²) in [5.41, 5.74) is 0. The molecule has 6 heteroatoms. The van der Waals surface area contributed by atoms with E-state index in [0.29, 0.717) is 48.8 Å². The van der Waals surface area contributed by atoms with Crippen molar-refractivity contribution in [2.24, 2.45) is 0 Å². The Labute approximate surface area is 152 Å². The Kier molecular flexibility index (Phi) is 8.02. The van der Waals surface area contributed by atoms with Gasteiger partial charge in [-0.1, -0.05) is 23.2 Å². The summed E-state index contributed by atoms with van der Waals surface area (Å²) >= 11 is 11.9. The first-order valence-corrected chi connectivity index (χ1v) is 8.46. The minimum absolute atomic E-state index is 0.392. The monoisotopic (exact) mass is 370 g/mol. The highest BCUT2D eigenvalue weighted by Gasteiger charge is 2.02. The molecule has 0 aliphatic rings. The molecule has 0 radical (unpaired) electrons. The molecule has 0 saturated carbocycles. The van der Waals surface area contributed by atoms with Crippen LogP contribution < -0.4 is 14.2 Å². The quantitative estimate of drug-likeness (QED) is 0.559. The number of benzene rings is 2. The van der Waals surface area contributed by atoms with Crippen molar-refractivity contribution in [3.05, 3.63) is 52.5 Å². The number of ether oxygens (including phenoxy) is 4. The molecule has 0 saturated heterocycles. The first kappa shape index (κ1) is 18.7. The lowest BCUT2D eigenvalue weighted by Gasteiger charge is -2.10. The number of hydrogen-bond acceptors (Lipinski definition) is 4. The highest BCUT2D eigenvalue weighted by Crippen LogP contribution is 2.27. The van der Waals surface area contributed by atoms with Crippen molar-refractivity contribution in [1.82, 2.24) is 0 Å². The van der Waals surface area contributed by atoms with E-state index >= 15 is 0 Å². The van der Waals surface area contributed by atoms with Crippen LogP contribution in [0.2, 0.25) is 10.0 Å². The predicted octanol–water partition coefficient (Wildman–Crippen LogP) is 4.87. The van der Waals surface area contributed by atoms with E-state index in [2.05, 4.69) is 0 Å². The van der Waals surface area contributed by atoms with Gasteiger partial charge in [-0.15, -0.1) is 0 Å². The summed E-state index contributed by atoms with van der Waals surface area (Å²) in [6.07, 6.45) is 0. The standard InChI is InChI=1S/C18H20Cl2O4/c1-2-22-15-4-6-16(7-5-15)23-11-9-21-10-12-24-18-13-14(19)3-8-17(18)20/h3-8,13H,2,9-12H2,1H3. The molecule has 0 aliphatic heterocycles. The van der Waals surface area contributed by atoms with Gasteiger partial charge in [0.05, 0.1) is 24.8 Å². The molecule has 0 unspecified atom stereocenters. The van der Waals surface area contributed by atoms with Crippen molar-refractivity contribution in [3.63, 3.8) is 0 Å². The van der Waals surface area contributed by atoms with E-state index in [1.54, 1.807) is 18.2 Å². The summed E-state index contributed by atoms with van der Waals surface area (Å²) in [6.45, 7) is 4.37. The van der Waals surface area contributed by atoms with Gasteiger partial charge in [-0.05, 0) is 43.3 Å². The lowest BCUT2D eigenvalue weighted by atomic mass is 10.3. The number of halogens is 2. The fourth-order valence-electron chi connectivity index (χ4n) is 1.92. The summed E-state index contributed by atoms with van der Waals surface area (Å²) < 4.78 is 21.9. The van der Waals surface area contributed by atoms with Gasteiger partial charge in [-0.25, -0.2) is 0 Å². The number of hydrogen-bond donors (Lipinski definition) is 0. The highest BCUT2D eigenvalue weighted by molar-refractivity contribution is 6.34. The van der Waals surface area contributed by atoms with E-state index in [9.17, 15) is 0 Å². The maximum atomic E-state index is 6.00. The van der Waals surface area contributed by atoms with Crippen LogP contribution >= 0.6 is 23.2 Å². The van der Waals surface area contributed by atoms with Crippen LogP contribution in [-0.4, -0.2) is 33.0 Å². The third-order valence-electron chi connectivity index (χ3n) is 3.01. The molecule has 2 aromatic carbocycles. The van der Waals surface area contributed by atoms with Crippen molar-refractivity contribution in [1.29, 1.82) is 0 Å². The topological polar surface area (TPSA) is 36.9 Å². The zero-order valence-corrected chi connectivity index (χ0v) is 15.0. The Hall–Kier alpha value is -1.62. The molecular weight excluding hydrogens is 351 g/mol. The highest BCUT2D eigenvalue weighted by atomic mass is 35.5. The van der Waals surface area contributed by atoms with Gasteiger partial charge in [0, 0.05) is 11.1 Å². The lowest BCUT2D eigenvalue weighted by Crippen LogP contribution is -2.12. The molecule has 0 amide bonds. The van der Waals surface area contributed by atoms with E-state index in [4.69, 9.17) is 42.1 Å². The van der Waals surface area contributed by atoms with Gasteiger partial charge in [-0.3, -0.25) is 0 Å². The van der Waals surface area contributed by atoms with E-state index in [1.165, 1.54) is 0 Å². The third-order valence-corrected chi connectivity index (χ3v) is 3.56. The SMILES string of the molecule is CCOc1ccc(OCCOCCOc2cc(Cl)ccc2Cl)cc1. The average molecular weight is 371 g/mol. The van der Waals surface area contributed by atoms with Crippen LogP contribution in [0.15, 0.2) is 42.5 Å². The van der Waals surface area contributed by atoms with Crippen LogP contribution in [0.25, 0.3) is 0 Å². The van der Waals surface area contributed by atoms with Gasteiger partial charge in [0.1, 0.15) is 30.5 Å². The summed E-state index contributed by atoms with van der Waals surface area (Å²) in [7, 11) is 0. The zero-order chi connectivity index (χ0) is 17.2. The molecular formula is C18H20Cl2O4. The van der Waals surface area contributed by atoms with Gasteiger partial charge < -0.3 is 18.9 Å². The van der Waals surface area contributed by atoms with E-state index < -0.39 is 0 Å². The molecule has 0 atom stereocenters. The molecule has 0 bridgehead atoms. The van der Waals surface area contributed by atoms with Crippen LogP contribution in [0.3, 0.4) is 0 Å². The fourth-order valence-corrected chi connectivity index (χ4v) is 2.25. The van der Waals surface area contributed by atoms with Crippen LogP contribution in [0, 0.1) is 0 Å². The van der Waals surface area contributed by atoms with Gasteiger partial charge in [0.15, 0.2) is 0 Å². The summed E-state index contributed by atoms with van der Waals surface area (Å²) in [5.74, 6) is 2.17.